The third kappa shape index (κ3) is 2.10. The van der Waals surface area contributed by atoms with Gasteiger partial charge in [0.2, 0.25) is 0 Å². The van der Waals surface area contributed by atoms with Crippen LogP contribution in [0.25, 0.3) is 0 Å². The molecule has 0 atom stereocenters. The Morgan fingerprint density at radius 2 is 2.50 bits per heavy atom. The number of ketones is 1. The second-order valence-electron chi connectivity index (χ2n) is 2.73. The van der Waals surface area contributed by atoms with Crippen LogP contribution in [0.5, 0.6) is 0 Å². The molecule has 2 aromatic rings. The Balaban J connectivity index is 2.09. The van der Waals surface area contributed by atoms with Crippen LogP contribution in [0.1, 0.15) is 16.1 Å². The Bertz CT molecular complexity index is 435. The molecule has 2 aromatic heterocycles. The largest absolute Gasteiger partial charge is 0.457 e. The number of hydrogen-bond acceptors (Lipinski definition) is 4. The highest BCUT2D eigenvalue weighted by Crippen LogP contribution is 2.16. The Labute approximate surface area is 92.9 Å². The SMILES string of the molecule is O=C(Cc1coc(Br)c1)c1cscn1. The van der Waals surface area contributed by atoms with Gasteiger partial charge in [-0.1, -0.05) is 0 Å². The van der Waals surface area contributed by atoms with Gasteiger partial charge in [0.1, 0.15) is 5.69 Å². The van der Waals surface area contributed by atoms with Gasteiger partial charge in [0.25, 0.3) is 0 Å². The van der Waals surface area contributed by atoms with Gasteiger partial charge in [-0.2, -0.15) is 0 Å². The van der Waals surface area contributed by atoms with E-state index in [0.717, 1.165) is 5.56 Å². The van der Waals surface area contributed by atoms with Crippen molar-refractivity contribution < 1.29 is 9.21 Å². The molecule has 0 fully saturated rings. The van der Waals surface area contributed by atoms with Crippen LogP contribution >= 0.6 is 27.3 Å². The first-order valence-electron chi connectivity index (χ1n) is 3.90. The Kier molecular flexibility index (Phi) is 2.79. The van der Waals surface area contributed by atoms with Crippen LogP contribution in [0.2, 0.25) is 0 Å². The summed E-state index contributed by atoms with van der Waals surface area (Å²) in [6.45, 7) is 0. The number of carbonyl (C=O) groups excluding carboxylic acids is 1. The zero-order chi connectivity index (χ0) is 9.97. The Morgan fingerprint density at radius 1 is 1.64 bits per heavy atom. The molecule has 2 rings (SSSR count). The summed E-state index contributed by atoms with van der Waals surface area (Å²) in [6, 6.07) is 1.78. The van der Waals surface area contributed by atoms with E-state index in [0.29, 0.717) is 16.8 Å². The summed E-state index contributed by atoms with van der Waals surface area (Å²) in [5.41, 5.74) is 3.03. The lowest BCUT2D eigenvalue weighted by Gasteiger charge is -1.91. The number of thiazole rings is 1. The number of halogens is 1. The van der Waals surface area contributed by atoms with E-state index in [1.807, 2.05) is 0 Å². The summed E-state index contributed by atoms with van der Waals surface area (Å²) in [6.07, 6.45) is 1.90. The average Bonchev–Trinajstić information content (AvgIpc) is 2.75. The molecule has 14 heavy (non-hydrogen) atoms. The van der Waals surface area contributed by atoms with Gasteiger partial charge in [-0.25, -0.2) is 4.98 Å². The second-order valence-corrected chi connectivity index (χ2v) is 4.23. The minimum atomic E-state index is 0.0135. The lowest BCUT2D eigenvalue weighted by atomic mass is 10.1. The highest BCUT2D eigenvalue weighted by Gasteiger charge is 2.10. The van der Waals surface area contributed by atoms with Crippen molar-refractivity contribution in [3.63, 3.8) is 0 Å². The van der Waals surface area contributed by atoms with Gasteiger partial charge in [0.15, 0.2) is 10.5 Å². The Morgan fingerprint density at radius 3 is 3.07 bits per heavy atom. The van der Waals surface area contributed by atoms with Crippen molar-refractivity contribution in [1.29, 1.82) is 0 Å². The summed E-state index contributed by atoms with van der Waals surface area (Å²) in [4.78, 5) is 15.5. The maximum Gasteiger partial charge on any atom is 0.186 e. The van der Waals surface area contributed by atoms with E-state index in [4.69, 9.17) is 4.42 Å². The van der Waals surface area contributed by atoms with E-state index in [-0.39, 0.29) is 5.78 Å². The fourth-order valence-electron chi connectivity index (χ4n) is 1.06. The summed E-state index contributed by atoms with van der Waals surface area (Å²) >= 11 is 4.60. The summed E-state index contributed by atoms with van der Waals surface area (Å²) in [7, 11) is 0. The van der Waals surface area contributed by atoms with Crippen molar-refractivity contribution in [2.75, 3.05) is 0 Å². The van der Waals surface area contributed by atoms with Crippen LogP contribution in [0.3, 0.4) is 0 Å². The highest BCUT2D eigenvalue weighted by molar-refractivity contribution is 9.10. The molecule has 2 heterocycles. The van der Waals surface area contributed by atoms with Gasteiger partial charge in [-0.15, -0.1) is 11.3 Å². The number of nitrogens with zero attached hydrogens (tertiary/aromatic N) is 1. The van der Waals surface area contributed by atoms with E-state index in [9.17, 15) is 4.79 Å². The summed E-state index contributed by atoms with van der Waals surface area (Å²) in [5, 5.41) is 1.75. The second kappa shape index (κ2) is 4.06. The third-order valence-corrected chi connectivity index (χ3v) is 2.71. The molecule has 0 aromatic carbocycles. The quantitative estimate of drug-likeness (QED) is 0.807. The molecule has 0 aliphatic rings. The number of furan rings is 1. The number of rotatable bonds is 3. The molecular weight excluding hydrogens is 266 g/mol. The fourth-order valence-corrected chi connectivity index (χ4v) is 2.01. The van der Waals surface area contributed by atoms with Gasteiger partial charge in [0.05, 0.1) is 11.8 Å². The predicted octanol–water partition coefficient (Wildman–Crippen LogP) is 2.92. The number of aromatic nitrogens is 1. The molecule has 3 nitrogen and oxygen atoms in total. The van der Waals surface area contributed by atoms with Crippen LogP contribution in [0, 0.1) is 0 Å². The lowest BCUT2D eigenvalue weighted by molar-refractivity contribution is 0.0988. The van der Waals surface area contributed by atoms with E-state index in [2.05, 4.69) is 20.9 Å². The number of hydrogen-bond donors (Lipinski definition) is 0. The number of carbonyl (C=O) groups is 1. The molecule has 5 heteroatoms. The van der Waals surface area contributed by atoms with Crippen LogP contribution in [0.4, 0.5) is 0 Å². The molecule has 0 N–H and O–H groups in total. The molecule has 0 unspecified atom stereocenters. The van der Waals surface area contributed by atoms with Gasteiger partial charge in [-0.05, 0) is 27.6 Å². The summed E-state index contributed by atoms with van der Waals surface area (Å²) < 4.78 is 5.67. The zero-order valence-electron chi connectivity index (χ0n) is 7.07. The summed E-state index contributed by atoms with van der Waals surface area (Å²) in [5.74, 6) is 0.0135. The average molecular weight is 272 g/mol. The first kappa shape index (κ1) is 9.61. The molecule has 0 saturated carbocycles. The van der Waals surface area contributed by atoms with Crippen LogP contribution in [-0.2, 0) is 6.42 Å². The van der Waals surface area contributed by atoms with Gasteiger partial charge >= 0.3 is 0 Å². The highest BCUT2D eigenvalue weighted by atomic mass is 79.9. The van der Waals surface area contributed by atoms with Gasteiger partial charge in [0, 0.05) is 11.8 Å². The molecule has 72 valence electrons. The minimum absolute atomic E-state index is 0.0135. The maximum absolute atomic E-state index is 11.6. The first-order chi connectivity index (χ1) is 6.75. The minimum Gasteiger partial charge on any atom is -0.457 e. The van der Waals surface area contributed by atoms with E-state index in [1.165, 1.54) is 11.3 Å². The van der Waals surface area contributed by atoms with Crippen molar-refractivity contribution >= 4 is 33.0 Å². The van der Waals surface area contributed by atoms with E-state index < -0.39 is 0 Å². The number of Topliss-reactive ketones (excluding diaryl/α,β-unsaturated/α-hetero) is 1. The molecule has 0 spiro atoms. The van der Waals surface area contributed by atoms with Gasteiger partial charge in [-0.3, -0.25) is 4.79 Å². The van der Waals surface area contributed by atoms with Crippen LogP contribution in [0.15, 0.2) is 32.3 Å². The van der Waals surface area contributed by atoms with Gasteiger partial charge < -0.3 is 4.42 Å². The monoisotopic (exact) mass is 271 g/mol. The molecular formula is C9H6BrNO2S. The predicted molar refractivity (Wildman–Crippen MR) is 56.6 cm³/mol. The van der Waals surface area contributed by atoms with Crippen molar-refractivity contribution in [2.24, 2.45) is 0 Å². The zero-order valence-corrected chi connectivity index (χ0v) is 9.47. The van der Waals surface area contributed by atoms with Crippen molar-refractivity contribution in [2.45, 2.75) is 6.42 Å². The molecule has 0 aliphatic heterocycles. The van der Waals surface area contributed by atoms with E-state index >= 15 is 0 Å². The molecule has 0 saturated heterocycles. The lowest BCUT2D eigenvalue weighted by Crippen LogP contribution is -2.02. The Hall–Kier alpha value is -0.940. The third-order valence-electron chi connectivity index (χ3n) is 1.70. The fraction of sp³-hybridized carbons (Fsp3) is 0.111. The first-order valence-corrected chi connectivity index (χ1v) is 5.63. The molecule has 0 amide bonds. The maximum atomic E-state index is 11.6. The smallest absolute Gasteiger partial charge is 0.186 e. The van der Waals surface area contributed by atoms with Crippen molar-refractivity contribution in [1.82, 2.24) is 4.98 Å². The van der Waals surface area contributed by atoms with Crippen molar-refractivity contribution in [3.05, 3.63) is 39.1 Å². The van der Waals surface area contributed by atoms with Crippen LogP contribution in [-0.4, -0.2) is 10.8 Å². The van der Waals surface area contributed by atoms with Crippen LogP contribution < -0.4 is 0 Å². The standard InChI is InChI=1S/C9H6BrNO2S/c10-9-2-6(3-13-9)1-8(12)7-4-14-5-11-7/h2-5H,1H2. The molecule has 0 radical (unpaired) electrons. The van der Waals surface area contributed by atoms with Crippen molar-refractivity contribution in [3.8, 4) is 0 Å². The normalized spacial score (nSPS) is 10.4. The van der Waals surface area contributed by atoms with E-state index in [1.54, 1.807) is 23.2 Å². The topological polar surface area (TPSA) is 43.1 Å². The molecule has 0 bridgehead atoms. The molecule has 0 aliphatic carbocycles.